The molecule has 0 spiro atoms. The fourth-order valence-corrected chi connectivity index (χ4v) is 1.96. The lowest BCUT2D eigenvalue weighted by Gasteiger charge is -2.11. The van der Waals surface area contributed by atoms with Gasteiger partial charge in [-0.2, -0.15) is 4.39 Å². The van der Waals surface area contributed by atoms with Crippen LogP contribution < -0.4 is 16.2 Å². The second kappa shape index (κ2) is 5.46. The molecule has 104 valence electrons. The van der Waals surface area contributed by atoms with Gasteiger partial charge < -0.3 is 16.2 Å². The fraction of sp³-hybridized carbons (Fsp3) is 0. The zero-order valence-electron chi connectivity index (χ0n) is 9.99. The van der Waals surface area contributed by atoms with Crippen LogP contribution in [0.5, 0.6) is 11.5 Å². The van der Waals surface area contributed by atoms with Gasteiger partial charge in [-0.15, -0.1) is 0 Å². The van der Waals surface area contributed by atoms with Gasteiger partial charge in [0.2, 0.25) is 5.82 Å². The summed E-state index contributed by atoms with van der Waals surface area (Å²) >= 11 is 3.02. The highest BCUT2D eigenvalue weighted by molar-refractivity contribution is 9.10. The Hall–Kier alpha value is -2.15. The van der Waals surface area contributed by atoms with E-state index in [2.05, 4.69) is 15.9 Å². The summed E-state index contributed by atoms with van der Waals surface area (Å²) < 4.78 is 32.4. The first-order valence-corrected chi connectivity index (χ1v) is 6.19. The molecular formula is C13H9BrF2N2O2. The molecule has 0 aliphatic heterocycles. The molecule has 0 aromatic heterocycles. The van der Waals surface area contributed by atoms with Crippen molar-refractivity contribution in [2.24, 2.45) is 5.73 Å². The average molecular weight is 343 g/mol. The van der Waals surface area contributed by atoms with E-state index < -0.39 is 17.5 Å². The molecule has 0 aliphatic rings. The predicted molar refractivity (Wildman–Crippen MR) is 73.5 cm³/mol. The van der Waals surface area contributed by atoms with Crippen LogP contribution >= 0.6 is 15.9 Å². The van der Waals surface area contributed by atoms with E-state index in [1.165, 1.54) is 24.3 Å². The summed E-state index contributed by atoms with van der Waals surface area (Å²) in [5, 5.41) is 0. The number of anilines is 1. The Morgan fingerprint density at radius 2 is 1.85 bits per heavy atom. The van der Waals surface area contributed by atoms with Crippen LogP contribution in [0.15, 0.2) is 34.8 Å². The van der Waals surface area contributed by atoms with Gasteiger partial charge in [0.1, 0.15) is 5.75 Å². The summed E-state index contributed by atoms with van der Waals surface area (Å²) in [7, 11) is 0. The number of nitrogens with two attached hydrogens (primary N) is 2. The summed E-state index contributed by atoms with van der Waals surface area (Å²) in [5.41, 5.74) is 11.1. The Morgan fingerprint density at radius 1 is 1.15 bits per heavy atom. The smallest absolute Gasteiger partial charge is 0.252 e. The standard InChI is InChI=1S/C13H9BrF2N2O2/c14-6-3-9(15)12(16)11(4-6)20-10-5-7(17)1-2-8(10)13(18)19/h1-5H,17H2,(H2,18,19). The van der Waals surface area contributed by atoms with E-state index in [9.17, 15) is 13.6 Å². The molecule has 0 fully saturated rings. The van der Waals surface area contributed by atoms with E-state index in [1.807, 2.05) is 0 Å². The number of hydrogen-bond acceptors (Lipinski definition) is 3. The largest absolute Gasteiger partial charge is 0.453 e. The molecule has 0 aliphatic carbocycles. The monoisotopic (exact) mass is 342 g/mol. The number of rotatable bonds is 3. The van der Waals surface area contributed by atoms with E-state index in [0.717, 1.165) is 6.07 Å². The number of primary amides is 1. The molecule has 2 aromatic carbocycles. The van der Waals surface area contributed by atoms with Gasteiger partial charge in [-0.05, 0) is 24.3 Å². The molecule has 20 heavy (non-hydrogen) atoms. The normalized spacial score (nSPS) is 10.3. The summed E-state index contributed by atoms with van der Waals surface area (Å²) in [6.45, 7) is 0. The van der Waals surface area contributed by atoms with Gasteiger partial charge >= 0.3 is 0 Å². The molecule has 0 radical (unpaired) electrons. The minimum atomic E-state index is -1.17. The first kappa shape index (κ1) is 14.3. The van der Waals surface area contributed by atoms with Gasteiger partial charge in [0.05, 0.1) is 5.56 Å². The molecule has 1 amide bonds. The predicted octanol–water partition coefficient (Wildman–Crippen LogP) is 3.20. The SMILES string of the molecule is NC(=O)c1ccc(N)cc1Oc1cc(Br)cc(F)c1F. The van der Waals surface area contributed by atoms with Crippen molar-refractivity contribution in [3.05, 3.63) is 52.0 Å². The van der Waals surface area contributed by atoms with Crippen LogP contribution in [0.4, 0.5) is 14.5 Å². The summed E-state index contributed by atoms with van der Waals surface area (Å²) in [4.78, 5) is 11.3. The van der Waals surface area contributed by atoms with Crippen LogP contribution in [0.2, 0.25) is 0 Å². The van der Waals surface area contributed by atoms with Gasteiger partial charge in [0.15, 0.2) is 11.6 Å². The highest BCUT2D eigenvalue weighted by Crippen LogP contribution is 2.32. The molecule has 0 saturated heterocycles. The van der Waals surface area contributed by atoms with Crippen LogP contribution in [0.25, 0.3) is 0 Å². The maximum atomic E-state index is 13.6. The van der Waals surface area contributed by atoms with Gasteiger partial charge in [-0.25, -0.2) is 4.39 Å². The lowest BCUT2D eigenvalue weighted by molar-refractivity contribution is 0.0998. The van der Waals surface area contributed by atoms with Crippen LogP contribution in [-0.4, -0.2) is 5.91 Å². The van der Waals surface area contributed by atoms with Crippen molar-refractivity contribution in [2.75, 3.05) is 5.73 Å². The van der Waals surface area contributed by atoms with E-state index in [-0.39, 0.29) is 21.5 Å². The van der Waals surface area contributed by atoms with Crippen molar-refractivity contribution in [3.8, 4) is 11.5 Å². The maximum Gasteiger partial charge on any atom is 0.252 e. The van der Waals surface area contributed by atoms with Crippen LogP contribution in [0, 0.1) is 11.6 Å². The minimum absolute atomic E-state index is 0.0129. The molecule has 0 unspecified atom stereocenters. The number of nitrogen functional groups attached to an aromatic ring is 1. The summed E-state index contributed by atoms with van der Waals surface area (Å²) in [6.07, 6.45) is 0. The molecule has 0 saturated carbocycles. The molecule has 4 N–H and O–H groups in total. The highest BCUT2D eigenvalue weighted by Gasteiger charge is 2.16. The van der Waals surface area contributed by atoms with Gasteiger partial charge in [-0.3, -0.25) is 4.79 Å². The molecule has 7 heteroatoms. The van der Waals surface area contributed by atoms with Gasteiger partial charge in [0, 0.05) is 16.2 Å². The average Bonchev–Trinajstić information content (AvgIpc) is 2.35. The number of carbonyl (C=O) groups excluding carboxylic acids is 1. The van der Waals surface area contributed by atoms with E-state index in [4.69, 9.17) is 16.2 Å². The number of halogens is 3. The van der Waals surface area contributed by atoms with Gasteiger partial charge in [-0.1, -0.05) is 15.9 Å². The second-order valence-electron chi connectivity index (χ2n) is 3.92. The quantitative estimate of drug-likeness (QED) is 0.664. The molecule has 2 rings (SSSR count). The van der Waals surface area contributed by atoms with Crippen molar-refractivity contribution in [2.45, 2.75) is 0 Å². The third kappa shape index (κ3) is 2.88. The van der Waals surface area contributed by atoms with Crippen molar-refractivity contribution in [3.63, 3.8) is 0 Å². The number of hydrogen-bond donors (Lipinski definition) is 2. The number of amides is 1. The molecule has 2 aromatic rings. The molecule has 0 bridgehead atoms. The topological polar surface area (TPSA) is 78.3 Å². The first-order chi connectivity index (χ1) is 9.38. The van der Waals surface area contributed by atoms with E-state index >= 15 is 0 Å². The molecule has 0 heterocycles. The second-order valence-corrected chi connectivity index (χ2v) is 4.84. The fourth-order valence-electron chi connectivity index (χ4n) is 1.55. The van der Waals surface area contributed by atoms with Crippen molar-refractivity contribution in [1.82, 2.24) is 0 Å². The van der Waals surface area contributed by atoms with E-state index in [0.29, 0.717) is 5.69 Å². The first-order valence-electron chi connectivity index (χ1n) is 5.40. The Kier molecular flexibility index (Phi) is 3.89. The van der Waals surface area contributed by atoms with E-state index in [1.54, 1.807) is 0 Å². The van der Waals surface area contributed by atoms with Crippen LogP contribution in [0.1, 0.15) is 10.4 Å². The Balaban J connectivity index is 2.50. The van der Waals surface area contributed by atoms with Gasteiger partial charge in [0.25, 0.3) is 5.91 Å². The third-order valence-electron chi connectivity index (χ3n) is 2.45. The highest BCUT2D eigenvalue weighted by atomic mass is 79.9. The lowest BCUT2D eigenvalue weighted by atomic mass is 10.1. The zero-order valence-corrected chi connectivity index (χ0v) is 11.6. The summed E-state index contributed by atoms with van der Waals surface area (Å²) in [5.74, 6) is -3.46. The van der Waals surface area contributed by atoms with Crippen LogP contribution in [-0.2, 0) is 0 Å². The maximum absolute atomic E-state index is 13.6. The number of ether oxygens (including phenoxy) is 1. The van der Waals surface area contributed by atoms with Crippen LogP contribution in [0.3, 0.4) is 0 Å². The Bertz CT molecular complexity index is 692. The number of benzene rings is 2. The van der Waals surface area contributed by atoms with Crippen molar-refractivity contribution < 1.29 is 18.3 Å². The Morgan fingerprint density at radius 3 is 2.50 bits per heavy atom. The molecule has 4 nitrogen and oxygen atoms in total. The van der Waals surface area contributed by atoms with Crippen molar-refractivity contribution in [1.29, 1.82) is 0 Å². The number of carbonyl (C=O) groups is 1. The molecule has 0 atom stereocenters. The zero-order chi connectivity index (χ0) is 14.9. The lowest BCUT2D eigenvalue weighted by Crippen LogP contribution is -2.12. The summed E-state index contributed by atoms with van der Waals surface area (Å²) in [6, 6.07) is 6.28. The minimum Gasteiger partial charge on any atom is -0.453 e. The van der Waals surface area contributed by atoms with Crippen molar-refractivity contribution >= 4 is 27.5 Å². The third-order valence-corrected chi connectivity index (χ3v) is 2.91. The Labute approximate surface area is 121 Å². The molecular weight excluding hydrogens is 334 g/mol.